The standard InChI is InChI=1S/C12H17NO5/c1-13(18-5)12(14)8-6-7-9(15-2)11(17-4)10(8)16-3/h6-7H,1-5H3. The van der Waals surface area contributed by atoms with Gasteiger partial charge in [0.1, 0.15) is 0 Å². The van der Waals surface area contributed by atoms with Crippen LogP contribution in [0.4, 0.5) is 0 Å². The monoisotopic (exact) mass is 255 g/mol. The van der Waals surface area contributed by atoms with Gasteiger partial charge < -0.3 is 14.2 Å². The fourth-order valence-electron chi connectivity index (χ4n) is 1.52. The van der Waals surface area contributed by atoms with Crippen LogP contribution in [0.25, 0.3) is 0 Å². The van der Waals surface area contributed by atoms with Gasteiger partial charge in [-0.25, -0.2) is 5.06 Å². The molecular formula is C12H17NO5. The number of carbonyl (C=O) groups is 1. The van der Waals surface area contributed by atoms with Gasteiger partial charge in [-0.1, -0.05) is 0 Å². The van der Waals surface area contributed by atoms with Crippen molar-refractivity contribution in [2.45, 2.75) is 0 Å². The maximum absolute atomic E-state index is 12.0. The Morgan fingerprint density at radius 1 is 1.00 bits per heavy atom. The number of hydrogen-bond acceptors (Lipinski definition) is 5. The molecule has 0 aliphatic carbocycles. The fraction of sp³-hybridized carbons (Fsp3) is 0.417. The maximum atomic E-state index is 12.0. The van der Waals surface area contributed by atoms with Gasteiger partial charge in [0.15, 0.2) is 11.5 Å². The first kappa shape index (κ1) is 14.1. The Kier molecular flexibility index (Phi) is 4.79. The third-order valence-electron chi connectivity index (χ3n) is 2.49. The molecule has 0 aliphatic rings. The van der Waals surface area contributed by atoms with Gasteiger partial charge in [-0.2, -0.15) is 0 Å². The third kappa shape index (κ3) is 2.48. The van der Waals surface area contributed by atoms with E-state index in [1.807, 2.05) is 0 Å². The molecule has 0 saturated carbocycles. The van der Waals surface area contributed by atoms with E-state index in [-0.39, 0.29) is 5.91 Å². The van der Waals surface area contributed by atoms with Crippen LogP contribution < -0.4 is 14.2 Å². The molecule has 0 heterocycles. The highest BCUT2D eigenvalue weighted by Crippen LogP contribution is 2.40. The molecule has 0 unspecified atom stereocenters. The lowest BCUT2D eigenvalue weighted by molar-refractivity contribution is -0.0758. The molecule has 100 valence electrons. The van der Waals surface area contributed by atoms with Gasteiger partial charge in [0.25, 0.3) is 5.91 Å². The summed E-state index contributed by atoms with van der Waals surface area (Å²) in [6, 6.07) is 3.23. The average Bonchev–Trinajstić information content (AvgIpc) is 2.43. The molecule has 0 fully saturated rings. The van der Waals surface area contributed by atoms with Gasteiger partial charge in [-0.15, -0.1) is 0 Å². The lowest BCUT2D eigenvalue weighted by Crippen LogP contribution is -2.25. The van der Waals surface area contributed by atoms with Crippen LogP contribution in [0.5, 0.6) is 17.2 Å². The summed E-state index contributed by atoms with van der Waals surface area (Å²) in [6.07, 6.45) is 0. The van der Waals surface area contributed by atoms with E-state index >= 15 is 0 Å². The van der Waals surface area contributed by atoms with Gasteiger partial charge in [0, 0.05) is 7.05 Å². The zero-order chi connectivity index (χ0) is 13.7. The summed E-state index contributed by atoms with van der Waals surface area (Å²) in [5.41, 5.74) is 0.333. The molecule has 6 heteroatoms. The van der Waals surface area contributed by atoms with Crippen molar-refractivity contribution in [2.24, 2.45) is 0 Å². The zero-order valence-electron chi connectivity index (χ0n) is 11.1. The van der Waals surface area contributed by atoms with Gasteiger partial charge in [0.2, 0.25) is 5.75 Å². The first-order valence-corrected chi connectivity index (χ1v) is 5.21. The molecule has 1 aromatic rings. The number of carbonyl (C=O) groups excluding carboxylic acids is 1. The molecule has 0 bridgehead atoms. The molecular weight excluding hydrogens is 238 g/mol. The molecule has 0 spiro atoms. The van der Waals surface area contributed by atoms with E-state index in [1.54, 1.807) is 12.1 Å². The number of hydroxylamine groups is 2. The van der Waals surface area contributed by atoms with Gasteiger partial charge in [0.05, 0.1) is 34.0 Å². The Morgan fingerprint density at radius 2 is 1.61 bits per heavy atom. The first-order chi connectivity index (χ1) is 8.60. The average molecular weight is 255 g/mol. The molecule has 18 heavy (non-hydrogen) atoms. The highest BCUT2D eigenvalue weighted by atomic mass is 16.7. The molecule has 0 saturated heterocycles. The predicted molar refractivity (Wildman–Crippen MR) is 65.2 cm³/mol. The van der Waals surface area contributed by atoms with E-state index in [0.717, 1.165) is 5.06 Å². The van der Waals surface area contributed by atoms with Crippen LogP contribution >= 0.6 is 0 Å². The molecule has 1 aromatic carbocycles. The van der Waals surface area contributed by atoms with Gasteiger partial charge in [-0.05, 0) is 12.1 Å². The van der Waals surface area contributed by atoms with Crippen LogP contribution in [0.2, 0.25) is 0 Å². The van der Waals surface area contributed by atoms with Crippen LogP contribution in [0.3, 0.4) is 0 Å². The predicted octanol–water partition coefficient (Wildman–Crippen LogP) is 1.35. The lowest BCUT2D eigenvalue weighted by Gasteiger charge is -2.18. The van der Waals surface area contributed by atoms with Crippen molar-refractivity contribution in [2.75, 3.05) is 35.5 Å². The van der Waals surface area contributed by atoms with Gasteiger partial charge >= 0.3 is 0 Å². The molecule has 0 N–H and O–H groups in total. The first-order valence-electron chi connectivity index (χ1n) is 5.21. The van der Waals surface area contributed by atoms with Crippen LogP contribution in [0.15, 0.2) is 12.1 Å². The smallest absolute Gasteiger partial charge is 0.281 e. The fourth-order valence-corrected chi connectivity index (χ4v) is 1.52. The lowest BCUT2D eigenvalue weighted by atomic mass is 10.1. The summed E-state index contributed by atoms with van der Waals surface area (Å²) >= 11 is 0. The van der Waals surface area contributed by atoms with E-state index < -0.39 is 0 Å². The largest absolute Gasteiger partial charge is 0.493 e. The minimum absolute atomic E-state index is 0.311. The summed E-state index contributed by atoms with van der Waals surface area (Å²) in [4.78, 5) is 16.9. The van der Waals surface area contributed by atoms with Crippen LogP contribution in [0, 0.1) is 0 Å². The Balaban J connectivity index is 3.33. The molecule has 1 rings (SSSR count). The number of benzene rings is 1. The topological polar surface area (TPSA) is 57.2 Å². The molecule has 1 amide bonds. The van der Waals surface area contributed by atoms with Crippen LogP contribution in [-0.2, 0) is 4.84 Å². The van der Waals surface area contributed by atoms with Crippen molar-refractivity contribution in [3.8, 4) is 17.2 Å². The number of rotatable bonds is 5. The van der Waals surface area contributed by atoms with Crippen molar-refractivity contribution in [3.05, 3.63) is 17.7 Å². The van der Waals surface area contributed by atoms with E-state index in [1.165, 1.54) is 35.5 Å². The van der Waals surface area contributed by atoms with Crippen LogP contribution in [0.1, 0.15) is 10.4 Å². The third-order valence-corrected chi connectivity index (χ3v) is 2.49. The highest BCUT2D eigenvalue weighted by molar-refractivity contribution is 5.97. The van der Waals surface area contributed by atoms with Crippen molar-refractivity contribution in [1.82, 2.24) is 5.06 Å². The van der Waals surface area contributed by atoms with E-state index in [0.29, 0.717) is 22.8 Å². The zero-order valence-corrected chi connectivity index (χ0v) is 11.1. The Morgan fingerprint density at radius 3 is 2.06 bits per heavy atom. The van der Waals surface area contributed by atoms with Crippen LogP contribution in [-0.4, -0.2) is 46.5 Å². The number of methoxy groups -OCH3 is 3. The number of hydrogen-bond donors (Lipinski definition) is 0. The normalized spacial score (nSPS) is 9.83. The second kappa shape index (κ2) is 6.11. The maximum Gasteiger partial charge on any atom is 0.281 e. The highest BCUT2D eigenvalue weighted by Gasteiger charge is 2.22. The summed E-state index contributed by atoms with van der Waals surface area (Å²) in [5, 5.41) is 1.10. The molecule has 0 atom stereocenters. The van der Waals surface area contributed by atoms with Crippen molar-refractivity contribution < 1.29 is 23.8 Å². The quantitative estimate of drug-likeness (QED) is 0.743. The SMILES string of the molecule is COc1ccc(C(=O)N(C)OC)c(OC)c1OC. The van der Waals surface area contributed by atoms with E-state index in [2.05, 4.69) is 0 Å². The second-order valence-corrected chi connectivity index (χ2v) is 3.37. The number of nitrogens with zero attached hydrogens (tertiary/aromatic N) is 1. The van der Waals surface area contributed by atoms with Crippen molar-refractivity contribution >= 4 is 5.91 Å². The molecule has 6 nitrogen and oxygen atoms in total. The van der Waals surface area contributed by atoms with Crippen molar-refractivity contribution in [3.63, 3.8) is 0 Å². The van der Waals surface area contributed by atoms with E-state index in [9.17, 15) is 4.79 Å². The van der Waals surface area contributed by atoms with Crippen molar-refractivity contribution in [1.29, 1.82) is 0 Å². The minimum atomic E-state index is -0.338. The minimum Gasteiger partial charge on any atom is -0.493 e. The molecule has 0 aliphatic heterocycles. The molecule has 0 aromatic heterocycles. The number of amides is 1. The summed E-state index contributed by atoms with van der Waals surface area (Å²) < 4.78 is 15.6. The number of ether oxygens (including phenoxy) is 3. The summed E-state index contributed by atoms with van der Waals surface area (Å²) in [6.45, 7) is 0. The summed E-state index contributed by atoms with van der Waals surface area (Å²) in [5.74, 6) is 0.836. The Labute approximate surface area is 106 Å². The van der Waals surface area contributed by atoms with E-state index in [4.69, 9.17) is 19.0 Å². The Bertz CT molecular complexity index is 433. The second-order valence-electron chi connectivity index (χ2n) is 3.37. The van der Waals surface area contributed by atoms with Gasteiger partial charge in [-0.3, -0.25) is 9.63 Å². The Hall–Kier alpha value is -1.95. The molecule has 0 radical (unpaired) electrons. The summed E-state index contributed by atoms with van der Waals surface area (Å²) in [7, 11) is 7.37.